The summed E-state index contributed by atoms with van der Waals surface area (Å²) in [6.45, 7) is 9.02. The Morgan fingerprint density at radius 1 is 1.17 bits per heavy atom. The molecule has 0 saturated heterocycles. The molecule has 0 aliphatic rings. The summed E-state index contributed by atoms with van der Waals surface area (Å²) in [6.07, 6.45) is 8.88. The molecule has 1 aromatic rings. The molecule has 0 heterocycles. The Morgan fingerprint density at radius 2 is 1.96 bits per heavy atom. The fraction of sp³-hybridized carbons (Fsp3) is 0.571. The van der Waals surface area contributed by atoms with Gasteiger partial charge in [0.25, 0.3) is 0 Å². The number of hydrogen-bond donors (Lipinski definition) is 0. The number of ether oxygens (including phenoxy) is 2. The Labute approximate surface area is 147 Å². The zero-order valence-electron chi connectivity index (χ0n) is 15.6. The Bertz CT molecular complexity index is 508. The summed E-state index contributed by atoms with van der Waals surface area (Å²) in [4.78, 5) is 11.8. The molecule has 0 radical (unpaired) electrons. The monoisotopic (exact) mass is 332 g/mol. The van der Waals surface area contributed by atoms with Crippen molar-refractivity contribution >= 4 is 12.0 Å². The highest BCUT2D eigenvalue weighted by atomic mass is 16.5. The van der Waals surface area contributed by atoms with Crippen molar-refractivity contribution in [2.24, 2.45) is 5.92 Å². The van der Waals surface area contributed by atoms with E-state index in [9.17, 15) is 4.79 Å². The van der Waals surface area contributed by atoms with Crippen LogP contribution in [0.2, 0.25) is 0 Å². The van der Waals surface area contributed by atoms with Crippen molar-refractivity contribution in [3.8, 4) is 5.75 Å². The normalized spacial score (nSPS) is 13.7. The summed E-state index contributed by atoms with van der Waals surface area (Å²) in [5.41, 5.74) is 0.935. The smallest absolute Gasteiger partial charge is 0.330 e. The first-order valence-corrected chi connectivity index (χ1v) is 9.20. The lowest BCUT2D eigenvalue weighted by atomic mass is 9.98. The van der Waals surface area contributed by atoms with Crippen molar-refractivity contribution in [3.05, 3.63) is 35.9 Å². The van der Waals surface area contributed by atoms with Gasteiger partial charge in [-0.1, -0.05) is 52.2 Å². The fourth-order valence-corrected chi connectivity index (χ4v) is 2.51. The van der Waals surface area contributed by atoms with Crippen LogP contribution in [0, 0.1) is 5.92 Å². The predicted molar refractivity (Wildman–Crippen MR) is 100 cm³/mol. The van der Waals surface area contributed by atoms with Crippen LogP contribution < -0.4 is 4.74 Å². The number of hydrogen-bond acceptors (Lipinski definition) is 3. The maximum atomic E-state index is 11.8. The van der Waals surface area contributed by atoms with Crippen LogP contribution in [0.5, 0.6) is 5.75 Å². The highest BCUT2D eigenvalue weighted by Gasteiger charge is 2.06. The number of esters is 1. The average molecular weight is 332 g/mol. The topological polar surface area (TPSA) is 35.5 Å². The van der Waals surface area contributed by atoms with E-state index in [1.54, 1.807) is 6.08 Å². The molecular weight excluding hydrogens is 300 g/mol. The molecular formula is C21H32O3. The molecule has 0 fully saturated rings. The maximum absolute atomic E-state index is 11.8. The van der Waals surface area contributed by atoms with Gasteiger partial charge in [-0.15, -0.1) is 0 Å². The van der Waals surface area contributed by atoms with Gasteiger partial charge in [-0.05, 0) is 49.5 Å². The van der Waals surface area contributed by atoms with Gasteiger partial charge in [-0.25, -0.2) is 4.79 Å². The highest BCUT2D eigenvalue weighted by Crippen LogP contribution is 2.17. The molecule has 134 valence electrons. The van der Waals surface area contributed by atoms with Crippen molar-refractivity contribution in [3.63, 3.8) is 0 Å². The number of carbonyl (C=O) groups excluding carboxylic acids is 1. The minimum atomic E-state index is -0.283. The zero-order chi connectivity index (χ0) is 17.8. The highest BCUT2D eigenvalue weighted by molar-refractivity contribution is 5.87. The molecule has 0 bridgehead atoms. The lowest BCUT2D eigenvalue weighted by Crippen LogP contribution is -2.09. The van der Waals surface area contributed by atoms with E-state index in [4.69, 9.17) is 9.47 Å². The van der Waals surface area contributed by atoms with Crippen molar-refractivity contribution in [2.75, 3.05) is 6.61 Å². The zero-order valence-corrected chi connectivity index (χ0v) is 15.6. The quantitative estimate of drug-likeness (QED) is 0.389. The molecule has 1 aromatic carbocycles. The minimum absolute atomic E-state index is 0.184. The lowest BCUT2D eigenvalue weighted by Gasteiger charge is -2.13. The lowest BCUT2D eigenvalue weighted by molar-refractivity contribution is -0.138. The van der Waals surface area contributed by atoms with Crippen molar-refractivity contribution in [2.45, 2.75) is 65.9 Å². The van der Waals surface area contributed by atoms with Crippen LogP contribution in [0.25, 0.3) is 6.08 Å². The molecule has 0 spiro atoms. The van der Waals surface area contributed by atoms with Crippen LogP contribution in [0.3, 0.4) is 0 Å². The largest absolute Gasteiger partial charge is 0.491 e. The summed E-state index contributed by atoms with van der Waals surface area (Å²) >= 11 is 0. The van der Waals surface area contributed by atoms with Gasteiger partial charge in [0.15, 0.2) is 0 Å². The maximum Gasteiger partial charge on any atom is 0.330 e. The van der Waals surface area contributed by atoms with Gasteiger partial charge in [0.1, 0.15) is 5.75 Å². The fourth-order valence-electron chi connectivity index (χ4n) is 2.51. The van der Waals surface area contributed by atoms with Crippen molar-refractivity contribution < 1.29 is 14.3 Å². The summed E-state index contributed by atoms with van der Waals surface area (Å²) in [5, 5.41) is 0. The van der Waals surface area contributed by atoms with Crippen LogP contribution in [0.1, 0.15) is 65.4 Å². The van der Waals surface area contributed by atoms with Crippen LogP contribution in [-0.4, -0.2) is 18.7 Å². The first kappa shape index (κ1) is 20.3. The molecule has 0 amide bonds. The number of carbonyl (C=O) groups is 1. The average Bonchev–Trinajstić information content (AvgIpc) is 2.59. The molecule has 0 saturated carbocycles. The van der Waals surface area contributed by atoms with Gasteiger partial charge >= 0.3 is 5.97 Å². The third-order valence-corrected chi connectivity index (χ3v) is 4.23. The van der Waals surface area contributed by atoms with Crippen LogP contribution in [-0.2, 0) is 9.53 Å². The second-order valence-corrected chi connectivity index (χ2v) is 6.26. The summed E-state index contributed by atoms with van der Waals surface area (Å²) in [7, 11) is 0. The van der Waals surface area contributed by atoms with Gasteiger partial charge in [0.2, 0.25) is 0 Å². The first-order valence-electron chi connectivity index (χ1n) is 9.20. The van der Waals surface area contributed by atoms with E-state index in [0.29, 0.717) is 12.5 Å². The number of benzene rings is 1. The second-order valence-electron chi connectivity index (χ2n) is 6.26. The van der Waals surface area contributed by atoms with E-state index < -0.39 is 0 Å². The van der Waals surface area contributed by atoms with Crippen LogP contribution >= 0.6 is 0 Å². The summed E-state index contributed by atoms with van der Waals surface area (Å²) in [5.74, 6) is 1.20. The third kappa shape index (κ3) is 8.19. The molecule has 3 heteroatoms. The molecule has 0 aromatic heterocycles. The second kappa shape index (κ2) is 11.7. The molecule has 3 nitrogen and oxygen atoms in total. The molecule has 24 heavy (non-hydrogen) atoms. The van der Waals surface area contributed by atoms with E-state index in [-0.39, 0.29) is 12.1 Å². The van der Waals surface area contributed by atoms with E-state index in [1.807, 2.05) is 31.2 Å². The Kier molecular flexibility index (Phi) is 9.90. The van der Waals surface area contributed by atoms with Crippen molar-refractivity contribution in [1.29, 1.82) is 0 Å². The Hall–Kier alpha value is -1.77. The van der Waals surface area contributed by atoms with E-state index in [2.05, 4.69) is 20.8 Å². The van der Waals surface area contributed by atoms with Gasteiger partial charge in [-0.2, -0.15) is 0 Å². The number of rotatable bonds is 11. The summed E-state index contributed by atoms with van der Waals surface area (Å²) < 4.78 is 11.1. The van der Waals surface area contributed by atoms with Gasteiger partial charge in [-0.3, -0.25) is 0 Å². The Balaban J connectivity index is 2.44. The van der Waals surface area contributed by atoms with E-state index in [1.165, 1.54) is 18.9 Å². The molecule has 0 aliphatic heterocycles. The van der Waals surface area contributed by atoms with Gasteiger partial charge < -0.3 is 9.47 Å². The predicted octanol–water partition coefficient (Wildman–Crippen LogP) is 5.64. The minimum Gasteiger partial charge on any atom is -0.491 e. The van der Waals surface area contributed by atoms with Crippen LogP contribution in [0.4, 0.5) is 0 Å². The van der Waals surface area contributed by atoms with Gasteiger partial charge in [0.05, 0.1) is 12.7 Å². The molecule has 2 atom stereocenters. The van der Waals surface area contributed by atoms with Crippen LogP contribution in [0.15, 0.2) is 30.3 Å². The van der Waals surface area contributed by atoms with E-state index in [0.717, 1.165) is 30.6 Å². The standard InChI is InChI=1S/C21H32O3/c1-5-9-18(7-3)14-15-23-21(22)13-12-19-10-8-11-20(16-19)24-17(4)6-2/h8,10-13,16-18H,5-7,9,14-15H2,1-4H3. The molecule has 1 rings (SSSR count). The Morgan fingerprint density at radius 3 is 2.62 bits per heavy atom. The molecule has 2 unspecified atom stereocenters. The van der Waals surface area contributed by atoms with Gasteiger partial charge in [0, 0.05) is 6.08 Å². The molecule has 0 N–H and O–H groups in total. The first-order chi connectivity index (χ1) is 11.6. The SMILES string of the molecule is CCCC(CC)CCOC(=O)C=Cc1cccc(OC(C)CC)c1. The summed E-state index contributed by atoms with van der Waals surface area (Å²) in [6, 6.07) is 7.74. The van der Waals surface area contributed by atoms with Crippen molar-refractivity contribution in [1.82, 2.24) is 0 Å². The molecule has 0 aliphatic carbocycles. The third-order valence-electron chi connectivity index (χ3n) is 4.23. The van der Waals surface area contributed by atoms with E-state index >= 15 is 0 Å².